The van der Waals surface area contributed by atoms with Crippen LogP contribution in [0.15, 0.2) is 30.3 Å². The third-order valence-corrected chi connectivity index (χ3v) is 2.83. The van der Waals surface area contributed by atoms with Crippen molar-refractivity contribution in [3.63, 3.8) is 0 Å². The maximum Gasteiger partial charge on any atom is 0.331 e. The lowest BCUT2D eigenvalue weighted by atomic mass is 10.2. The topological polar surface area (TPSA) is 35.5 Å². The SMILES string of the molecule is COc1ccc(/C=C/C(=O)OC2(C)CC2)cc1. The molecule has 0 aliphatic heterocycles. The highest BCUT2D eigenvalue weighted by molar-refractivity contribution is 5.87. The molecule has 0 aromatic heterocycles. The van der Waals surface area contributed by atoms with Crippen LogP contribution in [-0.2, 0) is 9.53 Å². The van der Waals surface area contributed by atoms with Crippen molar-refractivity contribution < 1.29 is 14.3 Å². The van der Waals surface area contributed by atoms with Gasteiger partial charge in [-0.2, -0.15) is 0 Å². The predicted octanol–water partition coefficient (Wildman–Crippen LogP) is 2.80. The highest BCUT2D eigenvalue weighted by atomic mass is 16.6. The molecule has 1 aromatic rings. The molecule has 90 valence electrons. The van der Waals surface area contributed by atoms with Crippen molar-refractivity contribution in [1.82, 2.24) is 0 Å². The minimum absolute atomic E-state index is 0.207. The Kier molecular flexibility index (Phi) is 3.18. The summed E-state index contributed by atoms with van der Waals surface area (Å²) in [6.45, 7) is 1.95. The molecule has 0 amide bonds. The fraction of sp³-hybridized carbons (Fsp3) is 0.357. The molecule has 0 N–H and O–H groups in total. The van der Waals surface area contributed by atoms with E-state index in [1.54, 1.807) is 13.2 Å². The second-order valence-corrected chi connectivity index (χ2v) is 4.48. The third-order valence-electron chi connectivity index (χ3n) is 2.83. The monoisotopic (exact) mass is 232 g/mol. The maximum atomic E-state index is 11.5. The molecule has 17 heavy (non-hydrogen) atoms. The summed E-state index contributed by atoms with van der Waals surface area (Å²) < 4.78 is 10.3. The normalized spacial score (nSPS) is 16.8. The van der Waals surface area contributed by atoms with Gasteiger partial charge < -0.3 is 9.47 Å². The molecule has 2 rings (SSSR count). The van der Waals surface area contributed by atoms with Gasteiger partial charge in [-0.05, 0) is 43.5 Å². The molecule has 0 heterocycles. The zero-order chi connectivity index (χ0) is 12.3. The summed E-state index contributed by atoms with van der Waals surface area (Å²) in [5, 5.41) is 0. The van der Waals surface area contributed by atoms with Gasteiger partial charge in [0.2, 0.25) is 0 Å². The number of rotatable bonds is 4. The molecule has 1 saturated carbocycles. The highest BCUT2D eigenvalue weighted by Gasteiger charge is 2.41. The van der Waals surface area contributed by atoms with E-state index in [4.69, 9.17) is 9.47 Å². The second kappa shape index (κ2) is 4.62. The summed E-state index contributed by atoms with van der Waals surface area (Å²) in [6.07, 6.45) is 5.14. The quantitative estimate of drug-likeness (QED) is 0.591. The van der Waals surface area contributed by atoms with E-state index in [1.165, 1.54) is 6.08 Å². The Bertz CT molecular complexity index is 427. The number of hydrogen-bond acceptors (Lipinski definition) is 3. The van der Waals surface area contributed by atoms with Crippen molar-refractivity contribution in [2.75, 3.05) is 7.11 Å². The Morgan fingerprint density at radius 3 is 2.47 bits per heavy atom. The van der Waals surface area contributed by atoms with Crippen molar-refractivity contribution in [3.05, 3.63) is 35.9 Å². The smallest absolute Gasteiger partial charge is 0.331 e. The lowest BCUT2D eigenvalue weighted by molar-refractivity contribution is -0.143. The summed E-state index contributed by atoms with van der Waals surface area (Å²) in [5.41, 5.74) is 0.741. The summed E-state index contributed by atoms with van der Waals surface area (Å²) in [6, 6.07) is 7.49. The van der Waals surface area contributed by atoms with Crippen molar-refractivity contribution in [1.29, 1.82) is 0 Å². The fourth-order valence-electron chi connectivity index (χ4n) is 1.43. The fourth-order valence-corrected chi connectivity index (χ4v) is 1.43. The molecule has 0 spiro atoms. The van der Waals surface area contributed by atoms with E-state index < -0.39 is 0 Å². The van der Waals surface area contributed by atoms with E-state index >= 15 is 0 Å². The van der Waals surface area contributed by atoms with Crippen LogP contribution >= 0.6 is 0 Å². The summed E-state index contributed by atoms with van der Waals surface area (Å²) in [7, 11) is 1.62. The number of benzene rings is 1. The van der Waals surface area contributed by atoms with Gasteiger partial charge in [0.15, 0.2) is 0 Å². The molecule has 0 unspecified atom stereocenters. The van der Waals surface area contributed by atoms with Crippen LogP contribution < -0.4 is 4.74 Å². The first-order valence-electron chi connectivity index (χ1n) is 5.66. The lowest BCUT2D eigenvalue weighted by Gasteiger charge is -2.07. The van der Waals surface area contributed by atoms with Gasteiger partial charge in [-0.15, -0.1) is 0 Å². The zero-order valence-electron chi connectivity index (χ0n) is 10.1. The first kappa shape index (κ1) is 11.7. The molecule has 1 aliphatic carbocycles. The van der Waals surface area contributed by atoms with E-state index in [2.05, 4.69) is 0 Å². The molecule has 1 aliphatic rings. The minimum atomic E-state index is -0.277. The summed E-state index contributed by atoms with van der Waals surface area (Å²) in [4.78, 5) is 11.5. The van der Waals surface area contributed by atoms with E-state index in [1.807, 2.05) is 31.2 Å². The van der Waals surface area contributed by atoms with E-state index in [0.717, 1.165) is 24.2 Å². The standard InChI is InChI=1S/C14H16O3/c1-14(9-10-14)17-13(15)8-5-11-3-6-12(16-2)7-4-11/h3-8H,9-10H2,1-2H3/b8-5+. The molecule has 3 nitrogen and oxygen atoms in total. The second-order valence-electron chi connectivity index (χ2n) is 4.48. The van der Waals surface area contributed by atoms with E-state index in [9.17, 15) is 4.79 Å². The average Bonchev–Trinajstić information content (AvgIpc) is 3.05. The molecule has 3 heteroatoms. The number of esters is 1. The Morgan fingerprint density at radius 2 is 1.94 bits per heavy atom. The van der Waals surface area contributed by atoms with Crippen molar-refractivity contribution in [2.45, 2.75) is 25.4 Å². The van der Waals surface area contributed by atoms with Gasteiger partial charge in [0, 0.05) is 6.08 Å². The lowest BCUT2D eigenvalue weighted by Crippen LogP contribution is -2.13. The van der Waals surface area contributed by atoms with Gasteiger partial charge in [-0.3, -0.25) is 0 Å². The first-order valence-corrected chi connectivity index (χ1v) is 5.66. The van der Waals surface area contributed by atoms with Crippen molar-refractivity contribution >= 4 is 12.0 Å². The van der Waals surface area contributed by atoms with Crippen LogP contribution in [0.1, 0.15) is 25.3 Å². The molecule has 0 saturated heterocycles. The van der Waals surface area contributed by atoms with Crippen LogP contribution in [0.4, 0.5) is 0 Å². The van der Waals surface area contributed by atoms with E-state index in [-0.39, 0.29) is 11.6 Å². The number of carbonyl (C=O) groups is 1. The van der Waals surface area contributed by atoms with Crippen molar-refractivity contribution in [3.8, 4) is 5.75 Å². The van der Waals surface area contributed by atoms with Gasteiger partial charge >= 0.3 is 5.97 Å². The van der Waals surface area contributed by atoms with Crippen LogP contribution in [0.25, 0.3) is 6.08 Å². The molecule has 1 fully saturated rings. The van der Waals surface area contributed by atoms with Crippen molar-refractivity contribution in [2.24, 2.45) is 0 Å². The zero-order valence-corrected chi connectivity index (χ0v) is 10.1. The highest BCUT2D eigenvalue weighted by Crippen LogP contribution is 2.38. The molecule has 1 aromatic carbocycles. The molecule has 0 bridgehead atoms. The van der Waals surface area contributed by atoms with E-state index in [0.29, 0.717) is 0 Å². The summed E-state index contributed by atoms with van der Waals surface area (Å²) in [5.74, 6) is 0.524. The number of hydrogen-bond donors (Lipinski definition) is 0. The predicted molar refractivity (Wildman–Crippen MR) is 65.8 cm³/mol. The van der Waals surface area contributed by atoms with Crippen LogP contribution in [0, 0.1) is 0 Å². The molecular formula is C14H16O3. The van der Waals surface area contributed by atoms with Crippen LogP contribution in [0.5, 0.6) is 5.75 Å². The van der Waals surface area contributed by atoms with Gasteiger partial charge in [0.05, 0.1) is 7.11 Å². The largest absolute Gasteiger partial charge is 0.497 e. The average molecular weight is 232 g/mol. The Labute approximate surface area is 101 Å². The number of methoxy groups -OCH3 is 1. The van der Waals surface area contributed by atoms with Gasteiger partial charge in [0.1, 0.15) is 11.4 Å². The maximum absolute atomic E-state index is 11.5. The molecule has 0 radical (unpaired) electrons. The van der Waals surface area contributed by atoms with Crippen LogP contribution in [0.3, 0.4) is 0 Å². The Hall–Kier alpha value is -1.77. The third kappa shape index (κ3) is 3.34. The number of carbonyl (C=O) groups excluding carboxylic acids is 1. The van der Waals surface area contributed by atoms with Gasteiger partial charge in [-0.25, -0.2) is 4.79 Å². The van der Waals surface area contributed by atoms with Gasteiger partial charge in [-0.1, -0.05) is 12.1 Å². The minimum Gasteiger partial charge on any atom is -0.497 e. The number of ether oxygens (including phenoxy) is 2. The molecular weight excluding hydrogens is 216 g/mol. The van der Waals surface area contributed by atoms with Crippen LogP contribution in [0.2, 0.25) is 0 Å². The summed E-state index contributed by atoms with van der Waals surface area (Å²) >= 11 is 0. The molecule has 0 atom stereocenters. The first-order chi connectivity index (χ1) is 8.11. The van der Waals surface area contributed by atoms with Crippen LogP contribution in [-0.4, -0.2) is 18.7 Å². The van der Waals surface area contributed by atoms with Gasteiger partial charge in [0.25, 0.3) is 0 Å². The Morgan fingerprint density at radius 1 is 1.29 bits per heavy atom. The Balaban J connectivity index is 1.92.